The molecule has 0 aliphatic carbocycles. The zero-order valence-electron chi connectivity index (χ0n) is 14.9. The molecular weight excluding hydrogens is 342 g/mol. The van der Waals surface area contributed by atoms with Gasteiger partial charge >= 0.3 is 0 Å². The van der Waals surface area contributed by atoms with Crippen molar-refractivity contribution >= 4 is 23.1 Å². The predicted octanol–water partition coefficient (Wildman–Crippen LogP) is 3.66. The number of amides is 1. The summed E-state index contributed by atoms with van der Waals surface area (Å²) >= 11 is 0. The maximum Gasteiger partial charge on any atom is 0.274 e. The minimum Gasteiger partial charge on any atom is -0.495 e. The summed E-state index contributed by atoms with van der Waals surface area (Å²) in [4.78, 5) is 20.7. The fourth-order valence-corrected chi connectivity index (χ4v) is 2.47. The molecule has 1 heterocycles. The van der Waals surface area contributed by atoms with Gasteiger partial charge in [-0.05, 0) is 42.8 Å². The van der Waals surface area contributed by atoms with Crippen LogP contribution in [0.5, 0.6) is 5.75 Å². The zero-order valence-corrected chi connectivity index (χ0v) is 14.9. The van der Waals surface area contributed by atoms with Crippen LogP contribution in [0.1, 0.15) is 21.6 Å². The molecule has 3 rings (SSSR count). The van der Waals surface area contributed by atoms with Gasteiger partial charge in [-0.1, -0.05) is 12.1 Å². The lowest BCUT2D eigenvalue weighted by Crippen LogP contribution is -2.15. The quantitative estimate of drug-likeness (QED) is 0.721. The number of carbonyl (C=O) groups excluding carboxylic acids is 1. The van der Waals surface area contributed by atoms with E-state index in [9.17, 15) is 4.79 Å². The Kier molecular flexibility index (Phi) is 5.28. The second-order valence-electron chi connectivity index (χ2n) is 5.76. The van der Waals surface area contributed by atoms with E-state index in [4.69, 9.17) is 10.00 Å². The lowest BCUT2D eigenvalue weighted by Gasteiger charge is -2.11. The van der Waals surface area contributed by atoms with Gasteiger partial charge < -0.3 is 15.4 Å². The molecule has 0 saturated carbocycles. The third-order valence-corrected chi connectivity index (χ3v) is 3.77. The van der Waals surface area contributed by atoms with E-state index in [1.54, 1.807) is 37.4 Å². The third kappa shape index (κ3) is 4.38. The summed E-state index contributed by atoms with van der Waals surface area (Å²) in [7, 11) is 1.54. The van der Waals surface area contributed by atoms with Crippen molar-refractivity contribution in [1.29, 1.82) is 5.26 Å². The number of anilines is 3. The number of nitriles is 1. The number of hydrogen-bond acceptors (Lipinski definition) is 6. The number of methoxy groups -OCH3 is 1. The van der Waals surface area contributed by atoms with Gasteiger partial charge in [-0.15, -0.1) is 0 Å². The summed E-state index contributed by atoms with van der Waals surface area (Å²) in [6, 6.07) is 16.1. The van der Waals surface area contributed by atoms with Gasteiger partial charge in [-0.2, -0.15) is 5.26 Å². The lowest BCUT2D eigenvalue weighted by molar-refractivity contribution is 0.102. The number of benzene rings is 2. The summed E-state index contributed by atoms with van der Waals surface area (Å²) in [5, 5.41) is 14.8. The number of aromatic nitrogens is 2. The largest absolute Gasteiger partial charge is 0.495 e. The van der Waals surface area contributed by atoms with Crippen LogP contribution in [0.3, 0.4) is 0 Å². The molecule has 134 valence electrons. The van der Waals surface area contributed by atoms with Crippen LogP contribution in [0, 0.1) is 18.3 Å². The summed E-state index contributed by atoms with van der Waals surface area (Å²) < 4.78 is 5.28. The average molecular weight is 359 g/mol. The molecule has 7 nitrogen and oxygen atoms in total. The van der Waals surface area contributed by atoms with Crippen LogP contribution < -0.4 is 15.4 Å². The van der Waals surface area contributed by atoms with E-state index in [0.717, 1.165) is 5.56 Å². The monoisotopic (exact) mass is 359 g/mol. The molecule has 0 atom stereocenters. The highest BCUT2D eigenvalue weighted by Gasteiger charge is 2.12. The van der Waals surface area contributed by atoms with Crippen LogP contribution >= 0.6 is 0 Å². The number of ether oxygens (including phenoxy) is 1. The van der Waals surface area contributed by atoms with Gasteiger partial charge in [-0.25, -0.2) is 9.97 Å². The fourth-order valence-electron chi connectivity index (χ4n) is 2.47. The summed E-state index contributed by atoms with van der Waals surface area (Å²) in [5.41, 5.74) is 2.98. The van der Waals surface area contributed by atoms with Crippen LogP contribution in [-0.4, -0.2) is 23.0 Å². The summed E-state index contributed by atoms with van der Waals surface area (Å²) in [5.74, 6) is 0.631. The third-order valence-electron chi connectivity index (χ3n) is 3.77. The zero-order chi connectivity index (χ0) is 19.2. The molecule has 0 aliphatic heterocycles. The highest BCUT2D eigenvalue weighted by atomic mass is 16.5. The lowest BCUT2D eigenvalue weighted by atomic mass is 10.2. The van der Waals surface area contributed by atoms with E-state index < -0.39 is 0 Å². The Morgan fingerprint density at radius 3 is 2.78 bits per heavy atom. The van der Waals surface area contributed by atoms with E-state index >= 15 is 0 Å². The van der Waals surface area contributed by atoms with Gasteiger partial charge in [0.1, 0.15) is 23.6 Å². The molecular formula is C20H17N5O2. The normalized spacial score (nSPS) is 9.96. The maximum absolute atomic E-state index is 12.6. The first-order valence-electron chi connectivity index (χ1n) is 8.14. The molecule has 0 saturated heterocycles. The van der Waals surface area contributed by atoms with Crippen molar-refractivity contribution in [3.05, 3.63) is 71.7 Å². The molecule has 0 radical (unpaired) electrons. The van der Waals surface area contributed by atoms with E-state index in [0.29, 0.717) is 28.5 Å². The molecule has 0 unspecified atom stereocenters. The maximum atomic E-state index is 12.6. The van der Waals surface area contributed by atoms with Crippen molar-refractivity contribution in [3.8, 4) is 11.8 Å². The molecule has 2 N–H and O–H groups in total. The van der Waals surface area contributed by atoms with Crippen molar-refractivity contribution in [2.24, 2.45) is 0 Å². The minimum atomic E-state index is -0.380. The molecule has 7 heteroatoms. The highest BCUT2D eigenvalue weighted by molar-refractivity contribution is 6.04. The van der Waals surface area contributed by atoms with Crippen LogP contribution in [-0.2, 0) is 0 Å². The molecule has 0 spiro atoms. The Morgan fingerprint density at radius 1 is 1.15 bits per heavy atom. The first-order chi connectivity index (χ1) is 13.1. The van der Waals surface area contributed by atoms with Crippen molar-refractivity contribution in [2.75, 3.05) is 17.7 Å². The minimum absolute atomic E-state index is 0.201. The topological polar surface area (TPSA) is 99.9 Å². The van der Waals surface area contributed by atoms with E-state index in [1.165, 1.54) is 12.4 Å². The van der Waals surface area contributed by atoms with Gasteiger partial charge in [0.15, 0.2) is 0 Å². The van der Waals surface area contributed by atoms with Crippen molar-refractivity contribution < 1.29 is 9.53 Å². The Hall–Kier alpha value is -3.92. The first kappa shape index (κ1) is 17.9. The molecule has 27 heavy (non-hydrogen) atoms. The van der Waals surface area contributed by atoms with E-state index in [-0.39, 0.29) is 11.6 Å². The highest BCUT2D eigenvalue weighted by Crippen LogP contribution is 2.25. The fraction of sp³-hybridized carbons (Fsp3) is 0.100. The molecule has 1 amide bonds. The van der Waals surface area contributed by atoms with Gasteiger partial charge in [0, 0.05) is 11.8 Å². The van der Waals surface area contributed by atoms with Crippen LogP contribution in [0.25, 0.3) is 0 Å². The Balaban J connectivity index is 1.80. The number of nitrogens with zero attached hydrogens (tertiary/aromatic N) is 3. The number of aryl methyl sites for hydroxylation is 1. The smallest absolute Gasteiger partial charge is 0.274 e. The van der Waals surface area contributed by atoms with Crippen molar-refractivity contribution in [1.82, 2.24) is 9.97 Å². The standard InChI is InChI=1S/C20H17N5O2/c1-13-6-7-18(27-2)16(8-13)25-20(26)17-10-19(23-12-22-17)24-15-5-3-4-14(9-15)11-21/h3-10,12H,1-2H3,(H,25,26)(H,22,23,24). The Morgan fingerprint density at radius 2 is 2.00 bits per heavy atom. The molecule has 1 aromatic heterocycles. The average Bonchev–Trinajstić information content (AvgIpc) is 2.68. The number of rotatable bonds is 5. The predicted molar refractivity (Wildman–Crippen MR) is 102 cm³/mol. The first-order valence-corrected chi connectivity index (χ1v) is 8.14. The SMILES string of the molecule is COc1ccc(C)cc1NC(=O)c1cc(Nc2cccc(C#N)c2)ncn1. The number of carbonyl (C=O) groups is 1. The van der Waals surface area contributed by atoms with Crippen LogP contribution in [0.15, 0.2) is 54.9 Å². The van der Waals surface area contributed by atoms with Crippen molar-refractivity contribution in [2.45, 2.75) is 6.92 Å². The Bertz CT molecular complexity index is 1030. The van der Waals surface area contributed by atoms with Gasteiger partial charge in [0.25, 0.3) is 5.91 Å². The van der Waals surface area contributed by atoms with E-state index in [1.807, 2.05) is 19.1 Å². The summed E-state index contributed by atoms with van der Waals surface area (Å²) in [6.45, 7) is 1.93. The number of nitrogens with one attached hydrogen (secondary N) is 2. The molecule has 0 bridgehead atoms. The second kappa shape index (κ2) is 7.97. The van der Waals surface area contributed by atoms with Gasteiger partial charge in [0.05, 0.1) is 24.4 Å². The van der Waals surface area contributed by atoms with Crippen LogP contribution in [0.2, 0.25) is 0 Å². The van der Waals surface area contributed by atoms with Crippen LogP contribution in [0.4, 0.5) is 17.2 Å². The molecule has 3 aromatic rings. The number of hydrogen-bond donors (Lipinski definition) is 2. The van der Waals surface area contributed by atoms with Gasteiger partial charge in [-0.3, -0.25) is 4.79 Å². The molecule has 0 aliphatic rings. The second-order valence-corrected chi connectivity index (χ2v) is 5.76. The van der Waals surface area contributed by atoms with Crippen molar-refractivity contribution in [3.63, 3.8) is 0 Å². The summed E-state index contributed by atoms with van der Waals surface area (Å²) in [6.07, 6.45) is 1.30. The van der Waals surface area contributed by atoms with Gasteiger partial charge in [0.2, 0.25) is 0 Å². The molecule has 2 aromatic carbocycles. The van der Waals surface area contributed by atoms with E-state index in [2.05, 4.69) is 26.7 Å². The Labute approximate surface area is 156 Å². The molecule has 0 fully saturated rings.